The fraction of sp³-hybridized carbons (Fsp3) is 0.412. The number of nitrogens with zero attached hydrogens (tertiary/aromatic N) is 3. The molecule has 2 amide bonds. The van der Waals surface area contributed by atoms with E-state index >= 15 is 0 Å². The molecular formula is C17H20N4O3. The van der Waals surface area contributed by atoms with E-state index in [1.54, 1.807) is 11.8 Å². The summed E-state index contributed by atoms with van der Waals surface area (Å²) in [7, 11) is 0. The van der Waals surface area contributed by atoms with Gasteiger partial charge < -0.3 is 14.7 Å². The van der Waals surface area contributed by atoms with Crippen molar-refractivity contribution in [3.63, 3.8) is 0 Å². The lowest BCUT2D eigenvalue weighted by Gasteiger charge is -2.24. The standard InChI is InChI=1S/C17H20N4O3/c1-11-3-5-13(6-4-11)10-21-14(7-8-16(21)22)17(23)18-9-15-19-12(2)24-20-15/h3-6,14H,7-10H2,1-2H3,(H,18,23). The molecule has 0 spiro atoms. The Kier molecular flexibility index (Phi) is 4.59. The Morgan fingerprint density at radius 2 is 2.08 bits per heavy atom. The number of carbonyl (C=O) groups is 2. The first-order chi connectivity index (χ1) is 11.5. The SMILES string of the molecule is Cc1ccc(CN2C(=O)CCC2C(=O)NCc2noc(C)n2)cc1. The van der Waals surface area contributed by atoms with E-state index in [9.17, 15) is 9.59 Å². The van der Waals surface area contributed by atoms with Crippen molar-refractivity contribution in [3.8, 4) is 0 Å². The lowest BCUT2D eigenvalue weighted by atomic mass is 10.1. The minimum Gasteiger partial charge on any atom is -0.347 e. The molecule has 24 heavy (non-hydrogen) atoms. The van der Waals surface area contributed by atoms with Gasteiger partial charge in [0.05, 0.1) is 6.54 Å². The molecule has 2 aromatic rings. The first kappa shape index (κ1) is 16.2. The summed E-state index contributed by atoms with van der Waals surface area (Å²) in [4.78, 5) is 30.3. The molecule has 1 aromatic heterocycles. The van der Waals surface area contributed by atoms with Crippen molar-refractivity contribution >= 4 is 11.8 Å². The van der Waals surface area contributed by atoms with Gasteiger partial charge in [-0.3, -0.25) is 9.59 Å². The molecule has 1 unspecified atom stereocenters. The van der Waals surface area contributed by atoms with E-state index in [0.717, 1.165) is 11.1 Å². The van der Waals surface area contributed by atoms with E-state index in [2.05, 4.69) is 15.5 Å². The molecule has 0 saturated carbocycles. The Hall–Kier alpha value is -2.70. The second-order valence-electron chi connectivity index (χ2n) is 6.01. The molecule has 2 heterocycles. The fourth-order valence-electron chi connectivity index (χ4n) is 2.79. The number of aryl methyl sites for hydroxylation is 2. The van der Waals surface area contributed by atoms with Gasteiger partial charge in [0.15, 0.2) is 5.82 Å². The van der Waals surface area contributed by atoms with Gasteiger partial charge >= 0.3 is 0 Å². The summed E-state index contributed by atoms with van der Waals surface area (Å²) in [5, 5.41) is 6.52. The Bertz CT molecular complexity index is 739. The van der Waals surface area contributed by atoms with Crippen LogP contribution in [0.15, 0.2) is 28.8 Å². The first-order valence-corrected chi connectivity index (χ1v) is 7.95. The van der Waals surface area contributed by atoms with Crippen molar-refractivity contribution in [2.75, 3.05) is 0 Å². The average molecular weight is 328 g/mol. The second-order valence-corrected chi connectivity index (χ2v) is 6.01. The van der Waals surface area contributed by atoms with Gasteiger partial charge in [-0.05, 0) is 18.9 Å². The summed E-state index contributed by atoms with van der Waals surface area (Å²) in [5.74, 6) is 0.702. The molecule has 1 atom stereocenters. The average Bonchev–Trinajstić information content (AvgIpc) is 3.14. The molecule has 1 saturated heterocycles. The maximum Gasteiger partial charge on any atom is 0.243 e. The van der Waals surface area contributed by atoms with Crippen molar-refractivity contribution in [2.24, 2.45) is 0 Å². The van der Waals surface area contributed by atoms with Crippen molar-refractivity contribution in [2.45, 2.75) is 45.8 Å². The van der Waals surface area contributed by atoms with Crippen LogP contribution < -0.4 is 5.32 Å². The van der Waals surface area contributed by atoms with Crippen LogP contribution in [0.3, 0.4) is 0 Å². The van der Waals surface area contributed by atoms with E-state index in [1.165, 1.54) is 0 Å². The molecule has 1 fully saturated rings. The summed E-state index contributed by atoms with van der Waals surface area (Å²) in [6.45, 7) is 4.34. The third-order valence-electron chi connectivity index (χ3n) is 4.09. The Morgan fingerprint density at radius 3 is 2.75 bits per heavy atom. The van der Waals surface area contributed by atoms with Crippen LogP contribution in [0.4, 0.5) is 0 Å². The lowest BCUT2D eigenvalue weighted by Crippen LogP contribution is -2.44. The molecule has 1 aliphatic rings. The van der Waals surface area contributed by atoms with E-state index in [1.807, 2.05) is 31.2 Å². The number of hydrogen-bond acceptors (Lipinski definition) is 5. The molecule has 0 aliphatic carbocycles. The summed E-state index contributed by atoms with van der Waals surface area (Å²) >= 11 is 0. The highest BCUT2D eigenvalue weighted by molar-refractivity contribution is 5.90. The maximum absolute atomic E-state index is 12.4. The minimum absolute atomic E-state index is 0.00568. The highest BCUT2D eigenvalue weighted by atomic mass is 16.5. The Balaban J connectivity index is 1.63. The number of amides is 2. The van der Waals surface area contributed by atoms with Crippen molar-refractivity contribution in [3.05, 3.63) is 47.1 Å². The molecule has 3 rings (SSSR count). The van der Waals surface area contributed by atoms with Gasteiger partial charge in [0.1, 0.15) is 6.04 Å². The van der Waals surface area contributed by atoms with Crippen LogP contribution in [0.25, 0.3) is 0 Å². The number of nitrogens with one attached hydrogen (secondary N) is 1. The van der Waals surface area contributed by atoms with Crippen LogP contribution in [0.2, 0.25) is 0 Å². The zero-order valence-electron chi connectivity index (χ0n) is 13.8. The zero-order valence-corrected chi connectivity index (χ0v) is 13.8. The van der Waals surface area contributed by atoms with Crippen LogP contribution >= 0.6 is 0 Å². The molecule has 7 nitrogen and oxygen atoms in total. The van der Waals surface area contributed by atoms with E-state index < -0.39 is 6.04 Å². The molecule has 1 aromatic carbocycles. The number of aromatic nitrogens is 2. The Labute approximate surface area is 140 Å². The van der Waals surface area contributed by atoms with Crippen molar-refractivity contribution in [1.82, 2.24) is 20.4 Å². The van der Waals surface area contributed by atoms with Gasteiger partial charge in [-0.1, -0.05) is 35.0 Å². The summed E-state index contributed by atoms with van der Waals surface area (Å²) < 4.78 is 4.87. The normalized spacial score (nSPS) is 17.3. The predicted octanol–water partition coefficient (Wildman–Crippen LogP) is 1.49. The molecule has 1 aliphatic heterocycles. The van der Waals surface area contributed by atoms with Crippen molar-refractivity contribution in [1.29, 1.82) is 0 Å². The molecular weight excluding hydrogens is 308 g/mol. The fourth-order valence-corrected chi connectivity index (χ4v) is 2.79. The molecule has 1 N–H and O–H groups in total. The number of rotatable bonds is 5. The molecule has 7 heteroatoms. The third-order valence-corrected chi connectivity index (χ3v) is 4.09. The predicted molar refractivity (Wildman–Crippen MR) is 85.6 cm³/mol. The number of likely N-dealkylation sites (tertiary alicyclic amines) is 1. The van der Waals surface area contributed by atoms with E-state index in [4.69, 9.17) is 4.52 Å². The number of hydrogen-bond donors (Lipinski definition) is 1. The largest absolute Gasteiger partial charge is 0.347 e. The smallest absolute Gasteiger partial charge is 0.243 e. The minimum atomic E-state index is -0.452. The van der Waals surface area contributed by atoms with E-state index in [0.29, 0.717) is 31.1 Å². The molecule has 0 radical (unpaired) electrons. The third kappa shape index (κ3) is 3.61. The summed E-state index contributed by atoms with van der Waals surface area (Å²) in [6.07, 6.45) is 0.924. The molecule has 0 bridgehead atoms. The highest BCUT2D eigenvalue weighted by Gasteiger charge is 2.35. The lowest BCUT2D eigenvalue weighted by molar-refractivity contribution is -0.135. The monoisotopic (exact) mass is 328 g/mol. The quantitative estimate of drug-likeness (QED) is 0.898. The topological polar surface area (TPSA) is 88.3 Å². The number of carbonyl (C=O) groups excluding carboxylic acids is 2. The zero-order chi connectivity index (χ0) is 17.1. The highest BCUT2D eigenvalue weighted by Crippen LogP contribution is 2.22. The van der Waals surface area contributed by atoms with Gasteiger partial charge in [-0.15, -0.1) is 0 Å². The van der Waals surface area contributed by atoms with Crippen LogP contribution in [-0.4, -0.2) is 32.9 Å². The second kappa shape index (κ2) is 6.82. The maximum atomic E-state index is 12.4. The molecule has 126 valence electrons. The van der Waals surface area contributed by atoms with Crippen LogP contribution in [0.5, 0.6) is 0 Å². The van der Waals surface area contributed by atoms with Crippen LogP contribution in [-0.2, 0) is 22.7 Å². The van der Waals surface area contributed by atoms with Crippen LogP contribution in [0, 0.1) is 13.8 Å². The van der Waals surface area contributed by atoms with Crippen LogP contribution in [0.1, 0.15) is 35.7 Å². The van der Waals surface area contributed by atoms with Crippen molar-refractivity contribution < 1.29 is 14.1 Å². The van der Waals surface area contributed by atoms with Gasteiger partial charge in [0.2, 0.25) is 17.7 Å². The summed E-state index contributed by atoms with van der Waals surface area (Å²) in [5.41, 5.74) is 2.18. The van der Waals surface area contributed by atoms with Gasteiger partial charge in [0, 0.05) is 19.9 Å². The Morgan fingerprint density at radius 1 is 1.33 bits per heavy atom. The van der Waals surface area contributed by atoms with Gasteiger partial charge in [-0.2, -0.15) is 4.98 Å². The summed E-state index contributed by atoms with van der Waals surface area (Å²) in [6, 6.07) is 7.52. The van der Waals surface area contributed by atoms with Gasteiger partial charge in [-0.25, -0.2) is 0 Å². The van der Waals surface area contributed by atoms with Gasteiger partial charge in [0.25, 0.3) is 0 Å². The first-order valence-electron chi connectivity index (χ1n) is 7.95. The number of benzene rings is 1. The van der Waals surface area contributed by atoms with E-state index in [-0.39, 0.29) is 18.4 Å².